The summed E-state index contributed by atoms with van der Waals surface area (Å²) in [5.41, 5.74) is -0.0271. The van der Waals surface area contributed by atoms with Crippen LogP contribution in [0.1, 0.15) is 52.9 Å². The minimum atomic E-state index is -0.163. The molecule has 2 fully saturated rings. The molecule has 0 saturated heterocycles. The Labute approximate surface area is 93.0 Å². The summed E-state index contributed by atoms with van der Waals surface area (Å²) in [4.78, 5) is 0. The molecule has 2 heteroatoms. The SMILES string of the molecule is CC1CCCC(OC2CC(O)C2(C)C)C1. The van der Waals surface area contributed by atoms with Gasteiger partial charge in [-0.3, -0.25) is 0 Å². The van der Waals surface area contributed by atoms with Crippen molar-refractivity contribution >= 4 is 0 Å². The lowest BCUT2D eigenvalue weighted by Gasteiger charge is -2.50. The van der Waals surface area contributed by atoms with Gasteiger partial charge < -0.3 is 9.84 Å². The van der Waals surface area contributed by atoms with Crippen molar-refractivity contribution in [3.8, 4) is 0 Å². The highest BCUT2D eigenvalue weighted by Crippen LogP contribution is 2.44. The van der Waals surface area contributed by atoms with Gasteiger partial charge in [-0.2, -0.15) is 0 Å². The summed E-state index contributed by atoms with van der Waals surface area (Å²) in [6.07, 6.45) is 6.49. The third-order valence-electron chi connectivity index (χ3n) is 4.37. The largest absolute Gasteiger partial charge is 0.392 e. The molecule has 0 spiro atoms. The molecule has 15 heavy (non-hydrogen) atoms. The number of hydrogen-bond donors (Lipinski definition) is 1. The Kier molecular flexibility index (Phi) is 3.09. The Balaban J connectivity index is 1.82. The zero-order valence-electron chi connectivity index (χ0n) is 10.2. The van der Waals surface area contributed by atoms with Gasteiger partial charge in [0.05, 0.1) is 18.3 Å². The number of rotatable bonds is 2. The minimum absolute atomic E-state index is 0.0271. The number of aliphatic hydroxyl groups excluding tert-OH is 1. The highest BCUT2D eigenvalue weighted by atomic mass is 16.5. The van der Waals surface area contributed by atoms with Gasteiger partial charge in [0.15, 0.2) is 0 Å². The molecule has 0 aromatic carbocycles. The van der Waals surface area contributed by atoms with Crippen LogP contribution in [-0.4, -0.2) is 23.4 Å². The second-order valence-electron chi connectivity index (χ2n) is 6.09. The molecule has 4 atom stereocenters. The van der Waals surface area contributed by atoms with Crippen molar-refractivity contribution < 1.29 is 9.84 Å². The summed E-state index contributed by atoms with van der Waals surface area (Å²) in [6.45, 7) is 6.53. The Bertz CT molecular complexity index is 225. The molecule has 4 unspecified atom stereocenters. The van der Waals surface area contributed by atoms with Crippen LogP contribution in [0.2, 0.25) is 0 Å². The van der Waals surface area contributed by atoms with Crippen LogP contribution < -0.4 is 0 Å². The third-order valence-corrected chi connectivity index (χ3v) is 4.37. The van der Waals surface area contributed by atoms with Crippen LogP contribution in [-0.2, 0) is 4.74 Å². The first-order valence-corrected chi connectivity index (χ1v) is 6.33. The monoisotopic (exact) mass is 212 g/mol. The van der Waals surface area contributed by atoms with Crippen molar-refractivity contribution in [3.63, 3.8) is 0 Å². The first kappa shape index (κ1) is 11.4. The highest BCUT2D eigenvalue weighted by molar-refractivity contribution is 4.98. The van der Waals surface area contributed by atoms with E-state index in [9.17, 15) is 5.11 Å². The lowest BCUT2D eigenvalue weighted by atomic mass is 9.66. The molecule has 0 aromatic heterocycles. The molecule has 0 amide bonds. The molecular weight excluding hydrogens is 188 g/mol. The first-order valence-electron chi connectivity index (χ1n) is 6.33. The van der Waals surface area contributed by atoms with E-state index in [0.29, 0.717) is 6.10 Å². The van der Waals surface area contributed by atoms with Crippen molar-refractivity contribution in [1.29, 1.82) is 0 Å². The van der Waals surface area contributed by atoms with Crippen LogP contribution in [0.4, 0.5) is 0 Å². The van der Waals surface area contributed by atoms with E-state index in [0.717, 1.165) is 12.3 Å². The normalized spacial score (nSPS) is 44.8. The molecule has 0 radical (unpaired) electrons. The van der Waals surface area contributed by atoms with E-state index in [1.54, 1.807) is 0 Å². The second-order valence-corrected chi connectivity index (χ2v) is 6.09. The molecule has 2 saturated carbocycles. The zero-order valence-corrected chi connectivity index (χ0v) is 10.2. The maximum absolute atomic E-state index is 9.65. The maximum atomic E-state index is 9.65. The molecule has 0 heterocycles. The van der Waals surface area contributed by atoms with E-state index in [1.807, 2.05) is 0 Å². The Morgan fingerprint density at radius 2 is 1.93 bits per heavy atom. The smallest absolute Gasteiger partial charge is 0.0679 e. The van der Waals surface area contributed by atoms with E-state index in [2.05, 4.69) is 20.8 Å². The fraction of sp³-hybridized carbons (Fsp3) is 1.00. The topological polar surface area (TPSA) is 29.5 Å². The van der Waals surface area contributed by atoms with E-state index in [-0.39, 0.29) is 17.6 Å². The minimum Gasteiger partial charge on any atom is -0.392 e. The second kappa shape index (κ2) is 4.06. The van der Waals surface area contributed by atoms with Crippen LogP contribution in [0.15, 0.2) is 0 Å². The van der Waals surface area contributed by atoms with Gasteiger partial charge in [-0.05, 0) is 18.8 Å². The summed E-state index contributed by atoms with van der Waals surface area (Å²) in [7, 11) is 0. The molecule has 2 aliphatic carbocycles. The Morgan fingerprint density at radius 1 is 1.20 bits per heavy atom. The Morgan fingerprint density at radius 3 is 2.47 bits per heavy atom. The predicted molar refractivity (Wildman–Crippen MR) is 60.7 cm³/mol. The molecule has 2 rings (SSSR count). The number of aliphatic hydroxyl groups is 1. The van der Waals surface area contributed by atoms with Gasteiger partial charge >= 0.3 is 0 Å². The lowest BCUT2D eigenvalue weighted by Crippen LogP contribution is -2.55. The van der Waals surface area contributed by atoms with E-state index < -0.39 is 0 Å². The molecule has 0 bridgehead atoms. The van der Waals surface area contributed by atoms with E-state index >= 15 is 0 Å². The van der Waals surface area contributed by atoms with Crippen molar-refractivity contribution in [2.45, 2.75) is 71.2 Å². The fourth-order valence-electron chi connectivity index (χ4n) is 2.83. The molecule has 2 nitrogen and oxygen atoms in total. The Hall–Kier alpha value is -0.0800. The molecule has 0 aliphatic heterocycles. The molecule has 88 valence electrons. The number of hydrogen-bond acceptors (Lipinski definition) is 2. The zero-order chi connectivity index (χ0) is 11.1. The molecular formula is C13H24O2. The van der Waals surface area contributed by atoms with Gasteiger partial charge in [-0.25, -0.2) is 0 Å². The highest BCUT2D eigenvalue weighted by Gasteiger charge is 2.49. The van der Waals surface area contributed by atoms with Gasteiger partial charge in [0.25, 0.3) is 0 Å². The summed E-state index contributed by atoms with van der Waals surface area (Å²) in [5.74, 6) is 0.817. The first-order chi connectivity index (χ1) is 7.00. The third kappa shape index (κ3) is 2.21. The summed E-state index contributed by atoms with van der Waals surface area (Å²) in [5, 5.41) is 9.65. The van der Waals surface area contributed by atoms with Gasteiger partial charge in [-0.15, -0.1) is 0 Å². The fourth-order valence-corrected chi connectivity index (χ4v) is 2.83. The average Bonchev–Trinajstić information content (AvgIpc) is 2.17. The quantitative estimate of drug-likeness (QED) is 0.762. The summed E-state index contributed by atoms with van der Waals surface area (Å²) < 4.78 is 6.12. The predicted octanol–water partition coefficient (Wildman–Crippen LogP) is 2.74. The lowest BCUT2D eigenvalue weighted by molar-refractivity contribution is -0.200. The van der Waals surface area contributed by atoms with Crippen molar-refractivity contribution in [2.24, 2.45) is 11.3 Å². The summed E-state index contributed by atoms with van der Waals surface area (Å²) >= 11 is 0. The number of ether oxygens (including phenoxy) is 1. The molecule has 0 aromatic rings. The maximum Gasteiger partial charge on any atom is 0.0679 e. The summed E-state index contributed by atoms with van der Waals surface area (Å²) in [6, 6.07) is 0. The van der Waals surface area contributed by atoms with Crippen LogP contribution in [0.3, 0.4) is 0 Å². The molecule has 1 N–H and O–H groups in total. The van der Waals surface area contributed by atoms with Crippen LogP contribution in [0.25, 0.3) is 0 Å². The van der Waals surface area contributed by atoms with Crippen molar-refractivity contribution in [2.75, 3.05) is 0 Å². The standard InChI is InChI=1S/C13H24O2/c1-9-5-4-6-10(7-9)15-12-8-11(14)13(12,2)3/h9-12,14H,4-8H2,1-3H3. The van der Waals surface area contributed by atoms with Crippen LogP contribution in [0.5, 0.6) is 0 Å². The van der Waals surface area contributed by atoms with Gasteiger partial charge in [-0.1, -0.05) is 33.6 Å². The molecule has 2 aliphatic rings. The van der Waals surface area contributed by atoms with Crippen LogP contribution >= 0.6 is 0 Å². The van der Waals surface area contributed by atoms with E-state index in [4.69, 9.17) is 4.74 Å². The van der Waals surface area contributed by atoms with Gasteiger partial charge in [0.2, 0.25) is 0 Å². The average molecular weight is 212 g/mol. The van der Waals surface area contributed by atoms with Gasteiger partial charge in [0.1, 0.15) is 0 Å². The van der Waals surface area contributed by atoms with Crippen LogP contribution in [0, 0.1) is 11.3 Å². The van der Waals surface area contributed by atoms with Gasteiger partial charge in [0, 0.05) is 11.8 Å². The van der Waals surface area contributed by atoms with Crippen molar-refractivity contribution in [3.05, 3.63) is 0 Å². The van der Waals surface area contributed by atoms with E-state index in [1.165, 1.54) is 25.7 Å². The van der Waals surface area contributed by atoms with Crippen molar-refractivity contribution in [1.82, 2.24) is 0 Å².